The van der Waals surface area contributed by atoms with Crippen LogP contribution in [0.3, 0.4) is 0 Å². The molecule has 2 aromatic carbocycles. The van der Waals surface area contributed by atoms with Gasteiger partial charge in [-0.15, -0.1) is 0 Å². The highest BCUT2D eigenvalue weighted by Gasteiger charge is 2.23. The second-order valence-electron chi connectivity index (χ2n) is 4.32. The Kier molecular flexibility index (Phi) is 4.47. The summed E-state index contributed by atoms with van der Waals surface area (Å²) in [5.74, 6) is 0.176. The number of methoxy groups -OCH3 is 1. The quantitative estimate of drug-likeness (QED) is 0.853. The molecule has 0 radical (unpaired) electrons. The lowest BCUT2D eigenvalue weighted by Crippen LogP contribution is -2.30. The Bertz CT molecular complexity index is 697. The third kappa shape index (κ3) is 3.16. The minimum Gasteiger partial charge on any atom is -0.497 e. The molecule has 0 atom stereocenters. The van der Waals surface area contributed by atoms with Crippen molar-refractivity contribution in [1.82, 2.24) is 0 Å². The summed E-state index contributed by atoms with van der Waals surface area (Å²) in [5.41, 5.74) is 0.530. The molecule has 2 rings (SSSR count). The van der Waals surface area contributed by atoms with Crippen LogP contribution in [0.2, 0.25) is 0 Å². The predicted octanol–water partition coefficient (Wildman–Crippen LogP) is 3.05. The van der Waals surface area contributed by atoms with Crippen LogP contribution in [0.4, 0.5) is 10.1 Å². The van der Waals surface area contributed by atoms with E-state index in [1.54, 1.807) is 38.3 Å². The number of hydrogen-bond donors (Lipinski definition) is 0. The van der Waals surface area contributed by atoms with Crippen LogP contribution in [0.5, 0.6) is 5.75 Å². The van der Waals surface area contributed by atoms with Crippen molar-refractivity contribution in [1.29, 1.82) is 0 Å². The van der Waals surface area contributed by atoms with Gasteiger partial charge in [-0.1, -0.05) is 0 Å². The number of nitrogens with zero attached hydrogens (tertiary/aromatic N) is 1. The Balaban J connectivity index is 2.41. The molecule has 0 spiro atoms. The first kappa shape index (κ1) is 15.3. The first-order valence-corrected chi connectivity index (χ1v) is 7.85. The smallest absolute Gasteiger partial charge is 0.264 e. The van der Waals surface area contributed by atoms with E-state index in [2.05, 4.69) is 0 Å². The molecule has 2 aromatic rings. The Labute approximate surface area is 123 Å². The fraction of sp³-hybridized carbons (Fsp3) is 0.200. The van der Waals surface area contributed by atoms with Crippen LogP contribution in [0.1, 0.15) is 6.92 Å². The predicted molar refractivity (Wildman–Crippen MR) is 79.6 cm³/mol. The molecule has 0 N–H and O–H groups in total. The standard InChI is InChI=1S/C15H16FNO3S/c1-3-17(13-6-8-14(20-2)9-7-13)21(18,19)15-10-4-12(16)5-11-15/h4-11H,3H2,1-2H3. The fourth-order valence-electron chi connectivity index (χ4n) is 1.97. The van der Waals surface area contributed by atoms with E-state index in [1.807, 2.05) is 0 Å². The molecule has 112 valence electrons. The van der Waals surface area contributed by atoms with Crippen molar-refractivity contribution in [2.24, 2.45) is 0 Å². The van der Waals surface area contributed by atoms with Crippen molar-refractivity contribution in [3.63, 3.8) is 0 Å². The summed E-state index contributed by atoms with van der Waals surface area (Å²) in [6, 6.07) is 11.5. The van der Waals surface area contributed by atoms with Gasteiger partial charge in [0.1, 0.15) is 11.6 Å². The first-order valence-electron chi connectivity index (χ1n) is 6.41. The zero-order chi connectivity index (χ0) is 15.5. The number of halogens is 1. The zero-order valence-corrected chi connectivity index (χ0v) is 12.6. The van der Waals surface area contributed by atoms with Crippen LogP contribution in [-0.4, -0.2) is 22.1 Å². The SMILES string of the molecule is CCN(c1ccc(OC)cc1)S(=O)(=O)c1ccc(F)cc1. The number of rotatable bonds is 5. The van der Waals surface area contributed by atoms with Gasteiger partial charge < -0.3 is 4.74 Å². The molecule has 0 saturated carbocycles. The maximum atomic E-state index is 12.9. The van der Waals surface area contributed by atoms with E-state index in [0.29, 0.717) is 11.4 Å². The Morgan fingerprint density at radius 1 is 1.05 bits per heavy atom. The van der Waals surface area contributed by atoms with E-state index < -0.39 is 15.8 Å². The summed E-state index contributed by atoms with van der Waals surface area (Å²) in [5, 5.41) is 0. The van der Waals surface area contributed by atoms with E-state index in [-0.39, 0.29) is 11.4 Å². The molecule has 0 aromatic heterocycles. The lowest BCUT2D eigenvalue weighted by Gasteiger charge is -2.23. The van der Waals surface area contributed by atoms with Crippen molar-refractivity contribution >= 4 is 15.7 Å². The lowest BCUT2D eigenvalue weighted by molar-refractivity contribution is 0.415. The second kappa shape index (κ2) is 6.13. The molecule has 0 aliphatic rings. The summed E-state index contributed by atoms with van der Waals surface area (Å²) in [7, 11) is -2.17. The van der Waals surface area contributed by atoms with Gasteiger partial charge in [-0.3, -0.25) is 4.31 Å². The molecule has 4 nitrogen and oxygen atoms in total. The van der Waals surface area contributed by atoms with Crippen molar-refractivity contribution in [2.45, 2.75) is 11.8 Å². The third-order valence-electron chi connectivity index (χ3n) is 3.05. The number of anilines is 1. The Morgan fingerprint density at radius 3 is 2.10 bits per heavy atom. The summed E-state index contributed by atoms with van der Waals surface area (Å²) in [6.45, 7) is 2.01. The summed E-state index contributed by atoms with van der Waals surface area (Å²) < 4.78 is 44.5. The molecule has 0 aliphatic carbocycles. The number of benzene rings is 2. The normalized spacial score (nSPS) is 11.2. The second-order valence-corrected chi connectivity index (χ2v) is 6.18. The molecule has 0 unspecified atom stereocenters. The minimum atomic E-state index is -3.71. The number of hydrogen-bond acceptors (Lipinski definition) is 3. The maximum Gasteiger partial charge on any atom is 0.264 e. The monoisotopic (exact) mass is 309 g/mol. The van der Waals surface area contributed by atoms with E-state index in [9.17, 15) is 12.8 Å². The van der Waals surface area contributed by atoms with Crippen LogP contribution < -0.4 is 9.04 Å². The van der Waals surface area contributed by atoms with Gasteiger partial charge in [0.2, 0.25) is 0 Å². The molecule has 0 heterocycles. The van der Waals surface area contributed by atoms with Crippen molar-refractivity contribution in [3.8, 4) is 5.75 Å². The number of ether oxygens (including phenoxy) is 1. The third-order valence-corrected chi connectivity index (χ3v) is 4.97. The summed E-state index contributed by atoms with van der Waals surface area (Å²) in [6.07, 6.45) is 0. The van der Waals surface area contributed by atoms with Crippen LogP contribution in [0.25, 0.3) is 0 Å². The van der Waals surface area contributed by atoms with E-state index >= 15 is 0 Å². The summed E-state index contributed by atoms with van der Waals surface area (Å²) in [4.78, 5) is 0.0570. The molecule has 0 aliphatic heterocycles. The molecule has 6 heteroatoms. The average molecular weight is 309 g/mol. The largest absolute Gasteiger partial charge is 0.497 e. The highest BCUT2D eigenvalue weighted by Crippen LogP contribution is 2.25. The van der Waals surface area contributed by atoms with Gasteiger partial charge in [-0.25, -0.2) is 12.8 Å². The summed E-state index contributed by atoms with van der Waals surface area (Å²) >= 11 is 0. The van der Waals surface area contributed by atoms with Crippen LogP contribution in [-0.2, 0) is 10.0 Å². The van der Waals surface area contributed by atoms with Crippen molar-refractivity contribution in [3.05, 3.63) is 54.3 Å². The van der Waals surface area contributed by atoms with Crippen LogP contribution in [0, 0.1) is 5.82 Å². The van der Waals surface area contributed by atoms with Gasteiger partial charge in [-0.2, -0.15) is 0 Å². The Hall–Kier alpha value is -2.08. The Morgan fingerprint density at radius 2 is 1.62 bits per heavy atom. The average Bonchev–Trinajstić information content (AvgIpc) is 2.49. The van der Waals surface area contributed by atoms with Gasteiger partial charge in [0.15, 0.2) is 0 Å². The van der Waals surface area contributed by atoms with Gasteiger partial charge in [0, 0.05) is 6.54 Å². The van der Waals surface area contributed by atoms with Crippen LogP contribution >= 0.6 is 0 Å². The van der Waals surface area contributed by atoms with E-state index in [4.69, 9.17) is 4.74 Å². The van der Waals surface area contributed by atoms with Crippen LogP contribution in [0.15, 0.2) is 53.4 Å². The number of sulfonamides is 1. The molecule has 0 fully saturated rings. The molecular formula is C15H16FNO3S. The molecule has 0 amide bonds. The fourth-order valence-corrected chi connectivity index (χ4v) is 3.45. The van der Waals surface area contributed by atoms with Gasteiger partial charge in [0.05, 0.1) is 17.7 Å². The molecule has 0 saturated heterocycles. The molecular weight excluding hydrogens is 293 g/mol. The first-order chi connectivity index (χ1) is 9.98. The van der Waals surface area contributed by atoms with Crippen molar-refractivity contribution in [2.75, 3.05) is 18.0 Å². The zero-order valence-electron chi connectivity index (χ0n) is 11.8. The molecule has 0 bridgehead atoms. The van der Waals surface area contributed by atoms with Gasteiger partial charge in [-0.05, 0) is 55.5 Å². The topological polar surface area (TPSA) is 46.6 Å². The highest BCUT2D eigenvalue weighted by atomic mass is 32.2. The maximum absolute atomic E-state index is 12.9. The lowest BCUT2D eigenvalue weighted by atomic mass is 10.3. The van der Waals surface area contributed by atoms with Gasteiger partial charge in [0.25, 0.3) is 10.0 Å². The van der Waals surface area contributed by atoms with Crippen molar-refractivity contribution < 1.29 is 17.5 Å². The minimum absolute atomic E-state index is 0.0570. The van der Waals surface area contributed by atoms with E-state index in [1.165, 1.54) is 16.4 Å². The van der Waals surface area contributed by atoms with E-state index in [0.717, 1.165) is 12.1 Å². The van der Waals surface area contributed by atoms with Gasteiger partial charge >= 0.3 is 0 Å². The highest BCUT2D eigenvalue weighted by molar-refractivity contribution is 7.92. The molecule has 21 heavy (non-hydrogen) atoms.